The van der Waals surface area contributed by atoms with E-state index < -0.39 is 42.5 Å². The molecule has 0 atom stereocenters. The minimum Gasteiger partial charge on any atom is -0.454 e. The predicted molar refractivity (Wildman–Crippen MR) is 104 cm³/mol. The highest BCUT2D eigenvalue weighted by molar-refractivity contribution is 6.08. The molecule has 2 rings (SSSR count). The number of imide groups is 1. The van der Waals surface area contributed by atoms with Gasteiger partial charge in [-0.2, -0.15) is 0 Å². The van der Waals surface area contributed by atoms with Crippen LogP contribution in [0.3, 0.4) is 0 Å². The van der Waals surface area contributed by atoms with E-state index in [2.05, 4.69) is 10.6 Å². The molecular weight excluding hydrogens is 364 g/mol. The van der Waals surface area contributed by atoms with E-state index in [0.717, 1.165) is 10.6 Å². The molecule has 0 aliphatic carbocycles. The summed E-state index contributed by atoms with van der Waals surface area (Å²) in [6.07, 6.45) is 0.850. The molecule has 9 nitrogen and oxygen atoms in total. The fraction of sp³-hybridized carbons (Fsp3) is 0.474. The molecule has 1 aromatic carbocycles. The van der Waals surface area contributed by atoms with E-state index in [4.69, 9.17) is 4.74 Å². The van der Waals surface area contributed by atoms with Crippen LogP contribution in [0, 0.1) is 0 Å². The molecule has 0 spiro atoms. The number of carbonyl (C=O) groups is 4. The van der Waals surface area contributed by atoms with Crippen LogP contribution in [0.2, 0.25) is 0 Å². The lowest BCUT2D eigenvalue weighted by molar-refractivity contribution is -0.150. The Morgan fingerprint density at radius 3 is 2.25 bits per heavy atom. The highest BCUT2D eigenvalue weighted by Gasteiger charge is 2.49. The van der Waals surface area contributed by atoms with Gasteiger partial charge >= 0.3 is 12.0 Å². The van der Waals surface area contributed by atoms with E-state index in [0.29, 0.717) is 18.5 Å². The van der Waals surface area contributed by atoms with Crippen LogP contribution in [-0.2, 0) is 19.1 Å². The molecule has 1 aliphatic heterocycles. The Labute approximate surface area is 164 Å². The zero-order chi connectivity index (χ0) is 20.9. The fourth-order valence-electron chi connectivity index (χ4n) is 2.91. The molecule has 0 bridgehead atoms. The topological polar surface area (TPSA) is 108 Å². The smallest absolute Gasteiger partial charge is 0.326 e. The summed E-state index contributed by atoms with van der Waals surface area (Å²) in [6, 6.07) is 6.52. The minimum absolute atomic E-state index is 0.425. The number of urea groups is 1. The normalized spacial score (nSPS) is 15.2. The van der Waals surface area contributed by atoms with E-state index in [9.17, 15) is 19.2 Å². The van der Waals surface area contributed by atoms with Crippen molar-refractivity contribution in [3.8, 4) is 0 Å². The van der Waals surface area contributed by atoms with Crippen LogP contribution in [-0.4, -0.2) is 61.5 Å². The molecule has 0 aromatic heterocycles. The molecule has 0 saturated carbocycles. The van der Waals surface area contributed by atoms with Crippen LogP contribution in [0.25, 0.3) is 0 Å². The molecule has 28 heavy (non-hydrogen) atoms. The van der Waals surface area contributed by atoms with Gasteiger partial charge in [0.1, 0.15) is 12.1 Å². The van der Waals surface area contributed by atoms with Gasteiger partial charge in [0.2, 0.25) is 0 Å². The number of nitrogens with one attached hydrogen (secondary N) is 2. The molecule has 1 saturated heterocycles. The Kier molecular flexibility index (Phi) is 6.61. The molecule has 1 aliphatic rings. The summed E-state index contributed by atoms with van der Waals surface area (Å²) in [5.74, 6) is -1.80. The van der Waals surface area contributed by atoms with Crippen molar-refractivity contribution in [1.82, 2.24) is 10.2 Å². The quantitative estimate of drug-likeness (QED) is 0.512. The minimum atomic E-state index is -0.979. The van der Waals surface area contributed by atoms with Gasteiger partial charge in [-0.15, -0.1) is 0 Å². The fourth-order valence-corrected chi connectivity index (χ4v) is 2.91. The van der Waals surface area contributed by atoms with Crippen molar-refractivity contribution < 1.29 is 23.9 Å². The van der Waals surface area contributed by atoms with Gasteiger partial charge in [-0.1, -0.05) is 13.8 Å². The SMILES string of the molecule is CCC1(CC)NC(=O)N(CC(=O)OCC(=O)Nc2ccc(N(C)C)cc2)C1=O. The van der Waals surface area contributed by atoms with Crippen molar-refractivity contribution in [2.45, 2.75) is 32.2 Å². The summed E-state index contributed by atoms with van der Waals surface area (Å²) in [7, 11) is 3.81. The number of hydrogen-bond donors (Lipinski definition) is 2. The first-order valence-electron chi connectivity index (χ1n) is 9.09. The van der Waals surface area contributed by atoms with Gasteiger partial charge in [0.25, 0.3) is 11.8 Å². The second kappa shape index (κ2) is 8.73. The van der Waals surface area contributed by atoms with Gasteiger partial charge in [0.15, 0.2) is 6.61 Å². The molecule has 1 fully saturated rings. The number of hydrogen-bond acceptors (Lipinski definition) is 6. The third kappa shape index (κ3) is 4.59. The molecule has 0 radical (unpaired) electrons. The zero-order valence-corrected chi connectivity index (χ0v) is 16.6. The summed E-state index contributed by atoms with van der Waals surface area (Å²) >= 11 is 0. The molecule has 9 heteroatoms. The third-order valence-electron chi connectivity index (χ3n) is 4.77. The Balaban J connectivity index is 1.84. The number of anilines is 2. The Morgan fingerprint density at radius 1 is 1.14 bits per heavy atom. The summed E-state index contributed by atoms with van der Waals surface area (Å²) in [4.78, 5) is 51.1. The van der Waals surface area contributed by atoms with Gasteiger partial charge in [-0.3, -0.25) is 19.3 Å². The van der Waals surface area contributed by atoms with E-state index in [1.165, 1.54) is 0 Å². The van der Waals surface area contributed by atoms with Crippen molar-refractivity contribution >= 4 is 35.2 Å². The third-order valence-corrected chi connectivity index (χ3v) is 4.77. The maximum absolute atomic E-state index is 12.4. The summed E-state index contributed by atoms with van der Waals surface area (Å²) in [5, 5.41) is 5.24. The first-order chi connectivity index (χ1) is 13.2. The van der Waals surface area contributed by atoms with Crippen LogP contribution in [0.4, 0.5) is 16.2 Å². The number of ether oxygens (including phenoxy) is 1. The largest absolute Gasteiger partial charge is 0.454 e. The Bertz CT molecular complexity index is 756. The molecule has 0 unspecified atom stereocenters. The number of carbonyl (C=O) groups excluding carboxylic acids is 4. The van der Waals surface area contributed by atoms with Crippen molar-refractivity contribution in [2.75, 3.05) is 37.5 Å². The zero-order valence-electron chi connectivity index (χ0n) is 16.6. The monoisotopic (exact) mass is 390 g/mol. The van der Waals surface area contributed by atoms with Crippen LogP contribution < -0.4 is 15.5 Å². The van der Waals surface area contributed by atoms with Crippen LogP contribution in [0.5, 0.6) is 0 Å². The van der Waals surface area contributed by atoms with Crippen LogP contribution in [0.15, 0.2) is 24.3 Å². The molecule has 152 valence electrons. The Hall–Kier alpha value is -3.10. The number of amides is 4. The van der Waals surface area contributed by atoms with Crippen molar-refractivity contribution in [3.63, 3.8) is 0 Å². The Morgan fingerprint density at radius 2 is 1.75 bits per heavy atom. The van der Waals surface area contributed by atoms with Crippen LogP contribution in [0.1, 0.15) is 26.7 Å². The van der Waals surface area contributed by atoms with E-state index >= 15 is 0 Å². The predicted octanol–water partition coefficient (Wildman–Crippen LogP) is 1.34. The lowest BCUT2D eigenvalue weighted by Crippen LogP contribution is -2.46. The van der Waals surface area contributed by atoms with Gasteiger partial charge in [0, 0.05) is 25.5 Å². The number of esters is 1. The first-order valence-corrected chi connectivity index (χ1v) is 9.09. The molecule has 1 heterocycles. The van der Waals surface area contributed by atoms with E-state index in [1.807, 2.05) is 31.1 Å². The van der Waals surface area contributed by atoms with Gasteiger partial charge in [0.05, 0.1) is 0 Å². The lowest BCUT2D eigenvalue weighted by Gasteiger charge is -2.22. The second-order valence-electron chi connectivity index (χ2n) is 6.76. The number of nitrogens with zero attached hydrogens (tertiary/aromatic N) is 2. The number of benzene rings is 1. The molecular formula is C19H26N4O5. The average molecular weight is 390 g/mol. The maximum Gasteiger partial charge on any atom is 0.326 e. The maximum atomic E-state index is 12.4. The van der Waals surface area contributed by atoms with Gasteiger partial charge in [-0.05, 0) is 37.1 Å². The summed E-state index contributed by atoms with van der Waals surface area (Å²) < 4.78 is 4.90. The van der Waals surface area contributed by atoms with Crippen molar-refractivity contribution in [2.24, 2.45) is 0 Å². The summed E-state index contributed by atoms with van der Waals surface area (Å²) in [6.45, 7) is 2.54. The second-order valence-corrected chi connectivity index (χ2v) is 6.76. The lowest BCUT2D eigenvalue weighted by atomic mass is 9.93. The van der Waals surface area contributed by atoms with E-state index in [-0.39, 0.29) is 0 Å². The van der Waals surface area contributed by atoms with Gasteiger partial charge in [-0.25, -0.2) is 4.79 Å². The highest BCUT2D eigenvalue weighted by Crippen LogP contribution is 2.24. The van der Waals surface area contributed by atoms with E-state index in [1.54, 1.807) is 26.0 Å². The number of rotatable bonds is 8. The molecule has 2 N–H and O–H groups in total. The highest BCUT2D eigenvalue weighted by atomic mass is 16.5. The first kappa shape index (κ1) is 21.2. The molecule has 4 amide bonds. The summed E-state index contributed by atoms with van der Waals surface area (Å²) in [5.41, 5.74) is 0.567. The van der Waals surface area contributed by atoms with Crippen molar-refractivity contribution in [3.05, 3.63) is 24.3 Å². The van der Waals surface area contributed by atoms with Crippen molar-refractivity contribution in [1.29, 1.82) is 0 Å². The standard InChI is InChI=1S/C19H26N4O5/c1-5-19(6-2)17(26)23(18(27)21-19)11-16(25)28-12-15(24)20-13-7-9-14(10-8-13)22(3)4/h7-10H,5-6,11-12H2,1-4H3,(H,20,24)(H,21,27). The molecule has 1 aromatic rings. The average Bonchev–Trinajstić information content (AvgIpc) is 2.91. The van der Waals surface area contributed by atoms with Crippen LogP contribution >= 0.6 is 0 Å². The van der Waals surface area contributed by atoms with Gasteiger partial charge < -0.3 is 20.3 Å².